The van der Waals surface area contributed by atoms with Gasteiger partial charge in [0.05, 0.1) is 30.5 Å². The summed E-state index contributed by atoms with van der Waals surface area (Å²) < 4.78 is 35.6. The summed E-state index contributed by atoms with van der Waals surface area (Å²) in [5.74, 6) is -0.542. The van der Waals surface area contributed by atoms with Crippen LogP contribution in [0, 0.1) is 25.2 Å². The van der Waals surface area contributed by atoms with Crippen molar-refractivity contribution in [3.8, 4) is 34.8 Å². The van der Waals surface area contributed by atoms with Gasteiger partial charge in [-0.25, -0.2) is 9.59 Å². The van der Waals surface area contributed by atoms with E-state index in [4.69, 9.17) is 28.4 Å². The summed E-state index contributed by atoms with van der Waals surface area (Å²) in [6, 6.07) is 10.9. The zero-order chi connectivity index (χ0) is 38.0. The maximum absolute atomic E-state index is 13.8. The van der Waals surface area contributed by atoms with Crippen molar-refractivity contribution in [1.29, 1.82) is 5.26 Å². The van der Waals surface area contributed by atoms with Gasteiger partial charge in [0.15, 0.2) is 23.0 Å². The van der Waals surface area contributed by atoms with Crippen molar-refractivity contribution < 1.29 is 47.9 Å². The summed E-state index contributed by atoms with van der Waals surface area (Å²) in [6.45, 7) is 4.67. The number of piperazine rings is 1. The first-order chi connectivity index (χ1) is 26.0. The van der Waals surface area contributed by atoms with Gasteiger partial charge >= 0.3 is 17.9 Å². The lowest BCUT2D eigenvalue weighted by Crippen LogP contribution is -2.69. The van der Waals surface area contributed by atoms with Gasteiger partial charge in [0.1, 0.15) is 18.4 Å². The van der Waals surface area contributed by atoms with Gasteiger partial charge in [-0.15, -0.1) is 11.8 Å². The molecule has 14 heteroatoms. The normalized spacial score (nSPS) is 26.9. The predicted molar refractivity (Wildman–Crippen MR) is 195 cm³/mol. The lowest BCUT2D eigenvalue weighted by atomic mass is 9.71. The van der Waals surface area contributed by atoms with Crippen LogP contribution >= 0.6 is 11.8 Å². The maximum Gasteiger partial charge on any atom is 0.348 e. The van der Waals surface area contributed by atoms with Gasteiger partial charge in [-0.2, -0.15) is 5.26 Å². The number of phenolic OH excluding ortho intramolecular Hbond substituents is 1. The Hall–Kier alpha value is -5.23. The number of methoxy groups -OCH3 is 1. The number of esters is 3. The molecule has 6 heterocycles. The van der Waals surface area contributed by atoms with Gasteiger partial charge in [0, 0.05) is 53.1 Å². The van der Waals surface area contributed by atoms with Crippen LogP contribution in [0.2, 0.25) is 0 Å². The number of rotatable bonds is 5. The van der Waals surface area contributed by atoms with Crippen molar-refractivity contribution in [2.45, 2.75) is 68.8 Å². The molecule has 0 aliphatic carbocycles. The standard InChI is InChI=1S/C40H39N3O10S/c1-19-13-23-14-24-25(15-41)43-26-16-49-40(47)27(53-28(45)12-11-22-9-7-6-8-10-22)17-54-39(33(43)32(42(24)4)29(23)34(46)35(19)48-5)31-30(26)38-37(50-18-51-38)20(2)36(31)52-21(3)44/h6-13,24-27,32-33,39,46H,14,16-18H2,1-5H3/b12-11+/t24-,25-,26-,27-,32+,33?,39+/m0/s1. The maximum atomic E-state index is 13.8. The van der Waals surface area contributed by atoms with E-state index in [-0.39, 0.29) is 36.7 Å². The second kappa shape index (κ2) is 13.9. The number of nitriles is 1. The lowest BCUT2D eigenvalue weighted by molar-refractivity contribution is -0.167. The van der Waals surface area contributed by atoms with Crippen molar-refractivity contribution in [2.24, 2.45) is 0 Å². The van der Waals surface area contributed by atoms with E-state index in [9.17, 15) is 24.8 Å². The van der Waals surface area contributed by atoms with Crippen LogP contribution in [-0.2, 0) is 30.3 Å². The molecule has 1 N–H and O–H groups in total. The molecular formula is C40H39N3O10S. The van der Waals surface area contributed by atoms with Crippen molar-refractivity contribution in [3.05, 3.63) is 81.4 Å². The molecule has 7 atom stereocenters. The van der Waals surface area contributed by atoms with Gasteiger partial charge in [-0.05, 0) is 50.1 Å². The molecule has 54 heavy (non-hydrogen) atoms. The van der Waals surface area contributed by atoms with E-state index >= 15 is 0 Å². The highest BCUT2D eigenvalue weighted by Gasteiger charge is 2.60. The SMILES string of the molecule is COc1c(C)cc2c(c1O)[C@@H]1C3[C@@H]4SC[C@H](OC(=O)/C=C/c5ccccc5)C(=O)OC[C@@H](c5c6c(c(C)c(OC(C)=O)c54)OCO6)N3[C@@H](C#N)[C@H](C2)N1C. The average Bonchev–Trinajstić information content (AvgIpc) is 3.64. The molecule has 3 aromatic carbocycles. The third kappa shape index (κ3) is 5.64. The fourth-order valence-corrected chi connectivity index (χ4v) is 10.4. The smallest absolute Gasteiger partial charge is 0.348 e. The van der Waals surface area contributed by atoms with Crippen molar-refractivity contribution >= 4 is 35.7 Å². The summed E-state index contributed by atoms with van der Waals surface area (Å²) in [6.07, 6.45) is 2.05. The first kappa shape index (κ1) is 35.8. The van der Waals surface area contributed by atoms with Crippen LogP contribution in [0.1, 0.15) is 63.2 Å². The predicted octanol–water partition coefficient (Wildman–Crippen LogP) is 4.86. The molecule has 6 aliphatic heterocycles. The Morgan fingerprint density at radius 3 is 2.56 bits per heavy atom. The second-order valence-corrected chi connectivity index (χ2v) is 15.2. The van der Waals surface area contributed by atoms with Gasteiger partial charge in [0.2, 0.25) is 12.9 Å². The largest absolute Gasteiger partial charge is 0.504 e. The Labute approximate surface area is 316 Å². The molecular weight excluding hydrogens is 715 g/mol. The van der Waals surface area contributed by atoms with Crippen LogP contribution in [0.25, 0.3) is 6.08 Å². The fraction of sp³-hybridized carbons (Fsp3) is 0.400. The third-order valence-electron chi connectivity index (χ3n) is 11.1. The Bertz CT molecular complexity index is 2130. The summed E-state index contributed by atoms with van der Waals surface area (Å²) >= 11 is 1.32. The minimum absolute atomic E-state index is 0.0156. The Balaban J connectivity index is 1.32. The molecule has 6 aliphatic rings. The molecule has 0 saturated carbocycles. The van der Waals surface area contributed by atoms with Gasteiger partial charge in [-0.3, -0.25) is 14.6 Å². The fourth-order valence-electron chi connectivity index (χ4n) is 8.94. The first-order valence-corrected chi connectivity index (χ1v) is 18.7. The van der Waals surface area contributed by atoms with E-state index in [1.165, 1.54) is 31.9 Å². The number of carbonyl (C=O) groups is 3. The molecule has 0 radical (unpaired) electrons. The molecule has 9 rings (SSSR count). The van der Waals surface area contributed by atoms with Gasteiger partial charge in [0.25, 0.3) is 0 Å². The molecule has 1 unspecified atom stereocenters. The topological polar surface area (TPSA) is 157 Å². The van der Waals surface area contributed by atoms with Crippen molar-refractivity contribution in [2.75, 3.05) is 33.3 Å². The van der Waals surface area contributed by atoms with Crippen molar-refractivity contribution in [3.63, 3.8) is 0 Å². The number of thioether (sulfide) groups is 1. The van der Waals surface area contributed by atoms with Gasteiger partial charge in [-0.1, -0.05) is 36.4 Å². The molecule has 0 aromatic heterocycles. The first-order valence-electron chi connectivity index (χ1n) is 17.7. The summed E-state index contributed by atoms with van der Waals surface area (Å²) in [5.41, 5.74) is 4.92. The number of aryl methyl sites for hydroxylation is 1. The van der Waals surface area contributed by atoms with Crippen LogP contribution in [-0.4, -0.2) is 90.4 Å². The summed E-state index contributed by atoms with van der Waals surface area (Å²) in [4.78, 5) is 43.9. The zero-order valence-corrected chi connectivity index (χ0v) is 31.2. The molecule has 280 valence electrons. The number of nitrogens with zero attached hydrogens (tertiary/aromatic N) is 3. The van der Waals surface area contributed by atoms with Crippen molar-refractivity contribution in [1.82, 2.24) is 9.80 Å². The highest BCUT2D eigenvalue weighted by Crippen LogP contribution is 2.64. The van der Waals surface area contributed by atoms with Crippen LogP contribution in [0.5, 0.6) is 28.7 Å². The number of hydrogen-bond donors (Lipinski definition) is 1. The average molecular weight is 754 g/mol. The van der Waals surface area contributed by atoms with E-state index in [0.29, 0.717) is 45.9 Å². The molecule has 2 saturated heterocycles. The number of benzene rings is 3. The number of phenols is 1. The minimum atomic E-state index is -1.29. The molecule has 4 bridgehead atoms. The van der Waals surface area contributed by atoms with Crippen LogP contribution < -0.4 is 18.9 Å². The minimum Gasteiger partial charge on any atom is -0.504 e. The number of ether oxygens (including phenoxy) is 6. The Morgan fingerprint density at radius 2 is 1.83 bits per heavy atom. The van der Waals surface area contributed by atoms with Gasteiger partial charge < -0.3 is 33.5 Å². The quantitative estimate of drug-likeness (QED) is 0.214. The number of carbonyl (C=O) groups excluding carboxylic acids is 3. The third-order valence-corrected chi connectivity index (χ3v) is 12.5. The monoisotopic (exact) mass is 753 g/mol. The number of hydrogen-bond acceptors (Lipinski definition) is 14. The zero-order valence-electron chi connectivity index (χ0n) is 30.4. The van der Waals surface area contributed by atoms with E-state index in [2.05, 4.69) is 15.9 Å². The summed E-state index contributed by atoms with van der Waals surface area (Å²) in [7, 11) is 3.47. The number of aromatic hydroxyl groups is 1. The van der Waals surface area contributed by atoms with E-state index in [1.54, 1.807) is 13.0 Å². The molecule has 3 aromatic rings. The van der Waals surface area contributed by atoms with E-state index in [0.717, 1.165) is 16.7 Å². The highest BCUT2D eigenvalue weighted by atomic mass is 32.2. The van der Waals surface area contributed by atoms with E-state index < -0.39 is 53.4 Å². The van der Waals surface area contributed by atoms with Crippen LogP contribution in [0.15, 0.2) is 42.5 Å². The molecule has 0 amide bonds. The molecule has 0 spiro atoms. The van der Waals surface area contributed by atoms with E-state index in [1.807, 2.05) is 50.4 Å². The Kier molecular flexibility index (Phi) is 9.20. The summed E-state index contributed by atoms with van der Waals surface area (Å²) in [5, 5.41) is 22.3. The highest BCUT2D eigenvalue weighted by molar-refractivity contribution is 7.99. The Morgan fingerprint density at radius 1 is 1.07 bits per heavy atom. The number of fused-ring (bicyclic) bond motifs is 10. The number of likely N-dealkylation sites (N-methyl/N-ethyl adjacent to an activating group) is 1. The van der Waals surface area contributed by atoms with Crippen LogP contribution in [0.4, 0.5) is 0 Å². The van der Waals surface area contributed by atoms with Crippen LogP contribution in [0.3, 0.4) is 0 Å². The molecule has 2 fully saturated rings. The molecule has 13 nitrogen and oxygen atoms in total. The lowest BCUT2D eigenvalue weighted by Gasteiger charge is -2.61. The second-order valence-electron chi connectivity index (χ2n) is 14.1.